The van der Waals surface area contributed by atoms with Crippen LogP contribution >= 0.6 is 0 Å². The first-order valence-corrected chi connectivity index (χ1v) is 3.36. The Kier molecular flexibility index (Phi) is 3.52. The van der Waals surface area contributed by atoms with Crippen molar-refractivity contribution in [3.05, 3.63) is 20.2 Å². The monoisotopic (exact) mass is 180 g/mol. The summed E-state index contributed by atoms with van der Waals surface area (Å²) in [5, 5.41) is 20.6. The molecule has 0 saturated carbocycles. The summed E-state index contributed by atoms with van der Waals surface area (Å²) >= 11 is 0. The Morgan fingerprint density at radius 2 is 1.75 bits per heavy atom. The van der Waals surface area contributed by atoms with Crippen molar-refractivity contribution in [2.45, 2.75) is 25.4 Å². The minimum absolute atomic E-state index is 0.309. The highest BCUT2D eigenvalue weighted by Crippen LogP contribution is 2.20. The van der Waals surface area contributed by atoms with Crippen LogP contribution in [0.1, 0.15) is 19.8 Å². The van der Waals surface area contributed by atoms with Gasteiger partial charge in [0.15, 0.2) is 0 Å². The van der Waals surface area contributed by atoms with Crippen molar-refractivity contribution < 1.29 is 14.2 Å². The lowest BCUT2D eigenvalue weighted by Crippen LogP contribution is -2.46. The maximum absolute atomic E-state index is 11.8. The standard InChI is InChI=1S/C5H9FN2O4/c1-2-5(3-4-6,7(9)10)8(11)12/h2-4H2,1H3. The van der Waals surface area contributed by atoms with Crippen molar-refractivity contribution in [1.82, 2.24) is 0 Å². The van der Waals surface area contributed by atoms with Crippen LogP contribution < -0.4 is 0 Å². The number of alkyl halides is 1. The number of nitro groups is 2. The van der Waals surface area contributed by atoms with E-state index in [0.717, 1.165) is 0 Å². The van der Waals surface area contributed by atoms with Crippen LogP contribution in [0, 0.1) is 20.2 Å². The van der Waals surface area contributed by atoms with Gasteiger partial charge >= 0.3 is 5.66 Å². The molecule has 0 spiro atoms. The molecule has 0 heterocycles. The SMILES string of the molecule is CCC(CCF)([N+](=O)[O-])[N+](=O)[O-]. The Labute approximate surface area is 67.7 Å². The predicted molar refractivity (Wildman–Crippen MR) is 37.6 cm³/mol. The largest absolute Gasteiger partial charge is 0.460 e. The zero-order chi connectivity index (χ0) is 9.78. The highest BCUT2D eigenvalue weighted by molar-refractivity contribution is 4.64. The van der Waals surface area contributed by atoms with Gasteiger partial charge in [-0.3, -0.25) is 24.6 Å². The van der Waals surface area contributed by atoms with Crippen molar-refractivity contribution in [2.24, 2.45) is 0 Å². The first-order valence-electron chi connectivity index (χ1n) is 3.36. The fourth-order valence-corrected chi connectivity index (χ4v) is 0.836. The molecule has 0 aromatic carbocycles. The van der Waals surface area contributed by atoms with Crippen molar-refractivity contribution in [3.63, 3.8) is 0 Å². The number of halogens is 1. The quantitative estimate of drug-likeness (QED) is 0.359. The van der Waals surface area contributed by atoms with Crippen molar-refractivity contribution >= 4 is 0 Å². The van der Waals surface area contributed by atoms with Gasteiger partial charge in [0, 0.05) is 0 Å². The van der Waals surface area contributed by atoms with Crippen LogP contribution in [0.5, 0.6) is 0 Å². The summed E-state index contributed by atoms with van der Waals surface area (Å²) < 4.78 is 11.8. The third kappa shape index (κ3) is 1.66. The maximum atomic E-state index is 11.8. The molecule has 0 rings (SSSR count). The molecule has 0 amide bonds. The molecule has 0 aliphatic rings. The molecule has 0 N–H and O–H groups in total. The van der Waals surface area contributed by atoms with E-state index < -0.39 is 28.6 Å². The van der Waals surface area contributed by atoms with E-state index in [1.54, 1.807) is 0 Å². The van der Waals surface area contributed by atoms with Gasteiger partial charge in [0.05, 0.1) is 16.3 Å². The van der Waals surface area contributed by atoms with Crippen LogP contribution in [0.3, 0.4) is 0 Å². The molecule has 12 heavy (non-hydrogen) atoms. The number of rotatable bonds is 5. The third-order valence-electron chi connectivity index (χ3n) is 1.74. The molecule has 0 aromatic heterocycles. The van der Waals surface area contributed by atoms with Crippen molar-refractivity contribution in [3.8, 4) is 0 Å². The van der Waals surface area contributed by atoms with Gasteiger partial charge in [0.1, 0.15) is 13.1 Å². The van der Waals surface area contributed by atoms with Gasteiger partial charge in [-0.05, 0) is 0 Å². The van der Waals surface area contributed by atoms with Gasteiger partial charge in [-0.2, -0.15) is 0 Å². The van der Waals surface area contributed by atoms with Gasteiger partial charge in [-0.1, -0.05) is 6.92 Å². The lowest BCUT2D eigenvalue weighted by Gasteiger charge is -2.13. The second-order valence-electron chi connectivity index (χ2n) is 2.29. The number of hydrogen-bond donors (Lipinski definition) is 0. The molecule has 0 aliphatic carbocycles. The van der Waals surface area contributed by atoms with Crippen LogP contribution in [-0.4, -0.2) is 22.2 Å². The Bertz CT molecular complexity index is 182. The lowest BCUT2D eigenvalue weighted by molar-refractivity contribution is -0.798. The second-order valence-corrected chi connectivity index (χ2v) is 2.29. The summed E-state index contributed by atoms with van der Waals surface area (Å²) in [5.74, 6) is 0. The van der Waals surface area contributed by atoms with Crippen LogP contribution in [0.25, 0.3) is 0 Å². The third-order valence-corrected chi connectivity index (χ3v) is 1.74. The minimum Gasteiger partial charge on any atom is -0.258 e. The van der Waals surface area contributed by atoms with E-state index in [0.29, 0.717) is 0 Å². The summed E-state index contributed by atoms with van der Waals surface area (Å²) in [6.07, 6.45) is -0.986. The lowest BCUT2D eigenvalue weighted by atomic mass is 10.1. The Balaban J connectivity index is 4.76. The Morgan fingerprint density at radius 3 is 1.83 bits per heavy atom. The van der Waals surface area contributed by atoms with E-state index in [4.69, 9.17) is 0 Å². The van der Waals surface area contributed by atoms with E-state index in [1.807, 2.05) is 0 Å². The molecule has 6 nitrogen and oxygen atoms in total. The molecular formula is C5H9FN2O4. The number of nitrogens with zero attached hydrogens (tertiary/aromatic N) is 2. The van der Waals surface area contributed by atoms with Gasteiger partial charge in [0.25, 0.3) is 0 Å². The molecule has 70 valence electrons. The van der Waals surface area contributed by atoms with Gasteiger partial charge < -0.3 is 0 Å². The minimum atomic E-state index is -2.34. The maximum Gasteiger partial charge on any atom is 0.460 e. The number of hydrogen-bond acceptors (Lipinski definition) is 4. The topological polar surface area (TPSA) is 86.3 Å². The Hall–Kier alpha value is -1.27. The summed E-state index contributed by atoms with van der Waals surface area (Å²) in [4.78, 5) is 18.5. The van der Waals surface area contributed by atoms with E-state index in [9.17, 15) is 24.6 Å². The zero-order valence-corrected chi connectivity index (χ0v) is 6.53. The van der Waals surface area contributed by atoms with Crippen LogP contribution in [0.2, 0.25) is 0 Å². The van der Waals surface area contributed by atoms with Crippen molar-refractivity contribution in [2.75, 3.05) is 6.67 Å². The summed E-state index contributed by atoms with van der Waals surface area (Å²) in [5.41, 5.74) is -2.34. The van der Waals surface area contributed by atoms with Crippen LogP contribution in [0.15, 0.2) is 0 Å². The van der Waals surface area contributed by atoms with E-state index in [2.05, 4.69) is 0 Å². The molecule has 7 heteroatoms. The first kappa shape index (κ1) is 10.7. The molecule has 0 atom stereocenters. The summed E-state index contributed by atoms with van der Waals surface area (Å²) in [7, 11) is 0. The van der Waals surface area contributed by atoms with Gasteiger partial charge in [0.2, 0.25) is 0 Å². The second kappa shape index (κ2) is 3.93. The van der Waals surface area contributed by atoms with Crippen LogP contribution in [-0.2, 0) is 0 Å². The smallest absolute Gasteiger partial charge is 0.258 e. The first-order chi connectivity index (χ1) is 5.51. The highest BCUT2D eigenvalue weighted by atomic mass is 19.1. The molecule has 0 aliphatic heterocycles. The average Bonchev–Trinajstić information content (AvgIpc) is 1.98. The average molecular weight is 180 g/mol. The highest BCUT2D eigenvalue weighted by Gasteiger charge is 2.53. The van der Waals surface area contributed by atoms with Crippen LogP contribution in [0.4, 0.5) is 4.39 Å². The molecule has 0 bridgehead atoms. The zero-order valence-electron chi connectivity index (χ0n) is 6.53. The Morgan fingerprint density at radius 1 is 1.33 bits per heavy atom. The van der Waals surface area contributed by atoms with Crippen molar-refractivity contribution in [1.29, 1.82) is 0 Å². The fraction of sp³-hybridized carbons (Fsp3) is 1.00. The molecule has 0 radical (unpaired) electrons. The molecular weight excluding hydrogens is 171 g/mol. The summed E-state index contributed by atoms with van der Waals surface area (Å²) in [6.45, 7) is 0.233. The summed E-state index contributed by atoms with van der Waals surface area (Å²) in [6, 6.07) is 0. The predicted octanol–water partition coefficient (Wildman–Crippen LogP) is 1.01. The van der Waals surface area contributed by atoms with E-state index in [-0.39, 0.29) is 6.42 Å². The molecule has 0 unspecified atom stereocenters. The normalized spacial score (nSPS) is 11.2. The molecule has 0 fully saturated rings. The van der Waals surface area contributed by atoms with E-state index >= 15 is 0 Å². The fourth-order valence-electron chi connectivity index (χ4n) is 0.836. The van der Waals surface area contributed by atoms with Gasteiger partial charge in [-0.25, -0.2) is 0 Å². The molecule has 0 aromatic rings. The van der Waals surface area contributed by atoms with Gasteiger partial charge in [-0.15, -0.1) is 0 Å². The molecule has 0 saturated heterocycles. The van der Waals surface area contributed by atoms with E-state index in [1.165, 1.54) is 6.92 Å².